The molecule has 0 aromatic carbocycles. The third-order valence-electron chi connectivity index (χ3n) is 4.48. The first-order valence-electron chi connectivity index (χ1n) is 7.28. The molecule has 2 rings (SSSR count). The van der Waals surface area contributed by atoms with Gasteiger partial charge in [-0.1, -0.05) is 26.7 Å². The van der Waals surface area contributed by atoms with Crippen molar-refractivity contribution in [3.63, 3.8) is 0 Å². The highest BCUT2D eigenvalue weighted by Crippen LogP contribution is 2.30. The van der Waals surface area contributed by atoms with Gasteiger partial charge in [0.05, 0.1) is 5.69 Å². The number of nitrogens with zero attached hydrogens (tertiary/aromatic N) is 2. The zero-order chi connectivity index (χ0) is 13.2. The van der Waals surface area contributed by atoms with Gasteiger partial charge < -0.3 is 5.32 Å². The van der Waals surface area contributed by atoms with Crippen LogP contribution in [0.1, 0.15) is 50.9 Å². The number of aromatic nitrogens is 2. The van der Waals surface area contributed by atoms with Gasteiger partial charge in [-0.25, -0.2) is 0 Å². The maximum Gasteiger partial charge on any atom is 0.0596 e. The van der Waals surface area contributed by atoms with Crippen molar-refractivity contribution in [2.45, 2.75) is 58.4 Å². The summed E-state index contributed by atoms with van der Waals surface area (Å²) in [5.41, 5.74) is 2.74. The number of aryl methyl sites for hydroxylation is 2. The van der Waals surface area contributed by atoms with Crippen LogP contribution < -0.4 is 5.32 Å². The topological polar surface area (TPSA) is 29.9 Å². The second-order valence-electron chi connectivity index (χ2n) is 6.13. The quantitative estimate of drug-likeness (QED) is 0.892. The van der Waals surface area contributed by atoms with E-state index in [9.17, 15) is 0 Å². The third kappa shape index (κ3) is 2.77. The molecule has 1 aromatic rings. The van der Waals surface area contributed by atoms with Gasteiger partial charge in [-0.2, -0.15) is 5.10 Å². The molecule has 1 aliphatic rings. The summed E-state index contributed by atoms with van der Waals surface area (Å²) in [6.45, 7) is 7.93. The summed E-state index contributed by atoms with van der Waals surface area (Å²) in [4.78, 5) is 0. The average Bonchev–Trinajstić information content (AvgIpc) is 2.54. The number of hydrogen-bond acceptors (Lipinski definition) is 2. The fourth-order valence-electron chi connectivity index (χ4n) is 3.17. The van der Waals surface area contributed by atoms with Gasteiger partial charge in [0.25, 0.3) is 0 Å². The molecule has 0 aliphatic carbocycles. The lowest BCUT2D eigenvalue weighted by Gasteiger charge is -2.38. The van der Waals surface area contributed by atoms with Crippen LogP contribution in [-0.4, -0.2) is 21.9 Å². The van der Waals surface area contributed by atoms with Crippen LogP contribution in [0.5, 0.6) is 0 Å². The Bertz CT molecular complexity index is 384. The van der Waals surface area contributed by atoms with E-state index in [1.54, 1.807) is 0 Å². The van der Waals surface area contributed by atoms with E-state index in [1.165, 1.54) is 31.4 Å². The minimum absolute atomic E-state index is 0.261. The Hall–Kier alpha value is -0.830. The fourth-order valence-corrected chi connectivity index (χ4v) is 3.17. The molecule has 1 N–H and O–H groups in total. The van der Waals surface area contributed by atoms with E-state index in [1.807, 2.05) is 4.68 Å². The zero-order valence-electron chi connectivity index (χ0n) is 12.3. The standard InChI is InChI=1S/C15H27N3/c1-12(2)15(8-6-5-7-9-16-15)11-14-10-13(3)17-18(14)4/h10,12,16H,5-9,11H2,1-4H3. The second-order valence-corrected chi connectivity index (χ2v) is 6.13. The highest BCUT2D eigenvalue weighted by atomic mass is 15.3. The molecule has 1 unspecified atom stereocenters. The maximum atomic E-state index is 4.48. The van der Waals surface area contributed by atoms with E-state index >= 15 is 0 Å². The van der Waals surface area contributed by atoms with Crippen molar-refractivity contribution in [3.05, 3.63) is 17.5 Å². The summed E-state index contributed by atoms with van der Waals surface area (Å²) in [6.07, 6.45) is 6.42. The van der Waals surface area contributed by atoms with Crippen molar-refractivity contribution in [2.75, 3.05) is 6.54 Å². The van der Waals surface area contributed by atoms with Crippen molar-refractivity contribution < 1.29 is 0 Å². The van der Waals surface area contributed by atoms with Crippen LogP contribution in [0.25, 0.3) is 0 Å². The summed E-state index contributed by atoms with van der Waals surface area (Å²) in [5, 5.41) is 8.32. The molecule has 1 aliphatic heterocycles. The fraction of sp³-hybridized carbons (Fsp3) is 0.800. The van der Waals surface area contributed by atoms with Crippen LogP contribution in [-0.2, 0) is 13.5 Å². The highest BCUT2D eigenvalue weighted by Gasteiger charge is 2.34. The lowest BCUT2D eigenvalue weighted by Crippen LogP contribution is -2.51. The minimum atomic E-state index is 0.261. The zero-order valence-corrected chi connectivity index (χ0v) is 12.3. The molecule has 2 heterocycles. The molecule has 18 heavy (non-hydrogen) atoms. The van der Waals surface area contributed by atoms with Crippen molar-refractivity contribution in [2.24, 2.45) is 13.0 Å². The predicted octanol–water partition coefficient (Wildman–Crippen LogP) is 2.83. The maximum absolute atomic E-state index is 4.48. The first-order chi connectivity index (χ1) is 8.53. The smallest absolute Gasteiger partial charge is 0.0596 e. The molecule has 1 atom stereocenters. The van der Waals surface area contributed by atoms with Gasteiger partial charge in [0.15, 0.2) is 0 Å². The van der Waals surface area contributed by atoms with Gasteiger partial charge in [0.2, 0.25) is 0 Å². The van der Waals surface area contributed by atoms with Crippen molar-refractivity contribution in [1.29, 1.82) is 0 Å². The van der Waals surface area contributed by atoms with Crippen molar-refractivity contribution in [1.82, 2.24) is 15.1 Å². The molecule has 1 fully saturated rings. The van der Waals surface area contributed by atoms with E-state index in [-0.39, 0.29) is 5.54 Å². The van der Waals surface area contributed by atoms with Crippen LogP contribution >= 0.6 is 0 Å². The van der Waals surface area contributed by atoms with Crippen LogP contribution in [0.3, 0.4) is 0 Å². The van der Waals surface area contributed by atoms with E-state index in [0.29, 0.717) is 5.92 Å². The lowest BCUT2D eigenvalue weighted by atomic mass is 9.78. The minimum Gasteiger partial charge on any atom is -0.311 e. The van der Waals surface area contributed by atoms with Crippen molar-refractivity contribution >= 4 is 0 Å². The molecule has 0 radical (unpaired) electrons. The molecule has 3 heteroatoms. The number of nitrogens with one attached hydrogen (secondary N) is 1. The van der Waals surface area contributed by atoms with Crippen LogP contribution in [0.4, 0.5) is 0 Å². The Morgan fingerprint density at radius 3 is 2.78 bits per heavy atom. The summed E-state index contributed by atoms with van der Waals surface area (Å²) in [5.74, 6) is 0.658. The Kier molecular flexibility index (Phi) is 4.10. The largest absolute Gasteiger partial charge is 0.311 e. The second kappa shape index (κ2) is 5.43. The third-order valence-corrected chi connectivity index (χ3v) is 4.48. The van der Waals surface area contributed by atoms with Gasteiger partial charge in [-0.05, 0) is 38.3 Å². The van der Waals surface area contributed by atoms with Gasteiger partial charge in [0, 0.05) is 24.7 Å². The van der Waals surface area contributed by atoms with E-state index in [4.69, 9.17) is 0 Å². The Balaban J connectivity index is 2.22. The molecular weight excluding hydrogens is 222 g/mol. The molecule has 0 saturated carbocycles. The summed E-state index contributed by atoms with van der Waals surface area (Å²) in [6, 6.07) is 2.23. The van der Waals surface area contributed by atoms with Gasteiger partial charge in [-0.15, -0.1) is 0 Å². The van der Waals surface area contributed by atoms with Crippen LogP contribution in [0.2, 0.25) is 0 Å². The van der Waals surface area contributed by atoms with Gasteiger partial charge >= 0.3 is 0 Å². The normalized spacial score (nSPS) is 25.4. The lowest BCUT2D eigenvalue weighted by molar-refractivity contribution is 0.222. The molecule has 1 aromatic heterocycles. The van der Waals surface area contributed by atoms with Crippen LogP contribution in [0.15, 0.2) is 6.07 Å². The summed E-state index contributed by atoms with van der Waals surface area (Å²) >= 11 is 0. The van der Waals surface area contributed by atoms with Gasteiger partial charge in [-0.3, -0.25) is 4.68 Å². The Morgan fingerprint density at radius 1 is 1.39 bits per heavy atom. The molecule has 102 valence electrons. The van der Waals surface area contributed by atoms with E-state index in [2.05, 4.69) is 44.3 Å². The Labute approximate surface area is 111 Å². The molecule has 0 bridgehead atoms. The highest BCUT2D eigenvalue weighted by molar-refractivity contribution is 5.13. The molecule has 0 amide bonds. The van der Waals surface area contributed by atoms with Gasteiger partial charge in [0.1, 0.15) is 0 Å². The predicted molar refractivity (Wildman–Crippen MR) is 75.7 cm³/mol. The monoisotopic (exact) mass is 249 g/mol. The van der Waals surface area contributed by atoms with E-state index in [0.717, 1.165) is 18.7 Å². The SMILES string of the molecule is Cc1cc(CC2(C(C)C)CCCCCN2)n(C)n1. The van der Waals surface area contributed by atoms with Crippen LogP contribution in [0, 0.1) is 12.8 Å². The molecular formula is C15H27N3. The molecule has 1 saturated heterocycles. The Morgan fingerprint density at radius 2 is 2.17 bits per heavy atom. The summed E-state index contributed by atoms with van der Waals surface area (Å²) < 4.78 is 2.05. The number of hydrogen-bond donors (Lipinski definition) is 1. The first-order valence-corrected chi connectivity index (χ1v) is 7.28. The average molecular weight is 249 g/mol. The molecule has 0 spiro atoms. The van der Waals surface area contributed by atoms with Crippen molar-refractivity contribution in [3.8, 4) is 0 Å². The molecule has 3 nitrogen and oxygen atoms in total. The summed E-state index contributed by atoms with van der Waals surface area (Å²) in [7, 11) is 2.06. The van der Waals surface area contributed by atoms with E-state index < -0.39 is 0 Å². The first kappa shape index (κ1) is 13.6. The number of rotatable bonds is 3.